The highest BCUT2D eigenvalue weighted by Crippen LogP contribution is 2.14. The van der Waals surface area contributed by atoms with E-state index in [9.17, 15) is 0 Å². The van der Waals surface area contributed by atoms with Gasteiger partial charge in [0.25, 0.3) is 5.65 Å². The van der Waals surface area contributed by atoms with E-state index in [0.29, 0.717) is 5.82 Å². The zero-order valence-corrected chi connectivity index (χ0v) is 8.22. The van der Waals surface area contributed by atoms with Gasteiger partial charge in [-0.25, -0.2) is 5.10 Å². The minimum atomic E-state index is 0.538. The van der Waals surface area contributed by atoms with Gasteiger partial charge in [0.05, 0.1) is 5.56 Å². The van der Waals surface area contributed by atoms with Crippen molar-refractivity contribution in [3.05, 3.63) is 11.9 Å². The molecule has 0 atom stereocenters. The van der Waals surface area contributed by atoms with Crippen LogP contribution < -0.4 is 10.2 Å². The molecule has 0 saturated carbocycles. The van der Waals surface area contributed by atoms with Crippen LogP contribution in [0.25, 0.3) is 5.65 Å². The summed E-state index contributed by atoms with van der Waals surface area (Å²) in [5.41, 5.74) is 7.46. The Hall–Kier alpha value is -1.30. The number of rotatable bonds is 1. The second kappa shape index (κ2) is 2.88. The number of hydrogen-bond acceptors (Lipinski definition) is 4. The zero-order chi connectivity index (χ0) is 9.42. The van der Waals surface area contributed by atoms with Gasteiger partial charge < -0.3 is 5.73 Å². The molecule has 5 nitrogen and oxygen atoms in total. The summed E-state index contributed by atoms with van der Waals surface area (Å²) in [5, 5.41) is 3.79. The second-order valence-corrected chi connectivity index (χ2v) is 3.43. The van der Waals surface area contributed by atoms with Crippen molar-refractivity contribution in [2.24, 2.45) is 0 Å². The van der Waals surface area contributed by atoms with Crippen LogP contribution in [0.2, 0.25) is 0 Å². The normalized spacial score (nSPS) is 10.9. The summed E-state index contributed by atoms with van der Waals surface area (Å²) < 4.78 is 1.82. The summed E-state index contributed by atoms with van der Waals surface area (Å²) >= 11 is 1.53. The molecule has 0 saturated heterocycles. The summed E-state index contributed by atoms with van der Waals surface area (Å²) in [4.78, 5) is 8.39. The Morgan fingerprint density at radius 1 is 1.62 bits per heavy atom. The highest BCUT2D eigenvalue weighted by Gasteiger charge is 2.17. The van der Waals surface area contributed by atoms with Gasteiger partial charge in [0, 0.05) is 0 Å². The van der Waals surface area contributed by atoms with Crippen LogP contribution in [0.3, 0.4) is 0 Å². The number of nitrogens with zero attached hydrogens (tertiary/aromatic N) is 3. The van der Waals surface area contributed by atoms with Gasteiger partial charge in [0.15, 0.2) is 6.33 Å². The molecule has 13 heavy (non-hydrogen) atoms. The van der Waals surface area contributed by atoms with Gasteiger partial charge in [0.2, 0.25) is 5.82 Å². The largest absolute Gasteiger partial charge is 0.370 e. The topological polar surface area (TPSA) is 71.7 Å². The van der Waals surface area contributed by atoms with Gasteiger partial charge in [-0.3, -0.25) is 0 Å². The third kappa shape index (κ3) is 1.14. The van der Waals surface area contributed by atoms with Crippen molar-refractivity contribution in [3.8, 4) is 0 Å². The number of nitrogens with two attached hydrogens (primary N) is 1. The predicted octanol–water partition coefficient (Wildman–Crippen LogP) is 0.156. The maximum atomic E-state index is 5.73. The molecule has 6 heteroatoms. The molecule has 2 aromatic rings. The van der Waals surface area contributed by atoms with Gasteiger partial charge in [-0.15, -0.1) is 4.52 Å². The van der Waals surface area contributed by atoms with Crippen LogP contribution in [0.4, 0.5) is 5.82 Å². The zero-order valence-electron chi connectivity index (χ0n) is 7.40. The van der Waals surface area contributed by atoms with Crippen molar-refractivity contribution in [2.45, 2.75) is 12.1 Å². The Bertz CT molecular complexity index is 449. The standard InChI is InChI=1S/C7H9N5S/c1-4-5(8)11-7(13-2)12-6(4)9-3-10-12/h3H,1-2H3,(H2,8,9,10)/p+1. The van der Waals surface area contributed by atoms with Crippen molar-refractivity contribution in [1.29, 1.82) is 0 Å². The van der Waals surface area contributed by atoms with Gasteiger partial charge in [-0.05, 0) is 13.2 Å². The minimum absolute atomic E-state index is 0.538. The molecular formula is C7H10N5S+. The van der Waals surface area contributed by atoms with Crippen LogP contribution in [-0.4, -0.2) is 21.3 Å². The fourth-order valence-electron chi connectivity index (χ4n) is 1.17. The average molecular weight is 196 g/mol. The Labute approximate surface area is 79.4 Å². The molecule has 68 valence electrons. The second-order valence-electron chi connectivity index (χ2n) is 2.66. The van der Waals surface area contributed by atoms with E-state index in [1.54, 1.807) is 6.33 Å². The van der Waals surface area contributed by atoms with Crippen LogP contribution in [0.15, 0.2) is 11.5 Å². The summed E-state index contributed by atoms with van der Waals surface area (Å²) in [6.07, 6.45) is 3.58. The first-order valence-corrected chi connectivity index (χ1v) is 5.01. The molecule has 0 aromatic carbocycles. The molecule has 2 aromatic heterocycles. The first-order chi connectivity index (χ1) is 6.24. The van der Waals surface area contributed by atoms with E-state index in [1.165, 1.54) is 11.8 Å². The number of nitrogens with one attached hydrogen (secondary N) is 1. The number of thioether (sulfide) groups is 1. The third-order valence-corrected chi connectivity index (χ3v) is 2.53. The van der Waals surface area contributed by atoms with Crippen molar-refractivity contribution >= 4 is 23.2 Å². The number of aromatic nitrogens is 4. The summed E-state index contributed by atoms with van der Waals surface area (Å²) in [6.45, 7) is 1.91. The Morgan fingerprint density at radius 3 is 3.08 bits per heavy atom. The number of nitrogen functional groups attached to an aromatic ring is 1. The van der Waals surface area contributed by atoms with Gasteiger partial charge >= 0.3 is 5.16 Å². The SMILES string of the molecule is CSc1nc(N)c(C)c2nc[nH][n+]12. The Morgan fingerprint density at radius 2 is 2.38 bits per heavy atom. The predicted molar refractivity (Wildman–Crippen MR) is 50.5 cm³/mol. The summed E-state index contributed by atoms with van der Waals surface area (Å²) in [6, 6.07) is 0. The summed E-state index contributed by atoms with van der Waals surface area (Å²) in [5.74, 6) is 0.538. The van der Waals surface area contributed by atoms with Crippen molar-refractivity contribution in [1.82, 2.24) is 15.1 Å². The van der Waals surface area contributed by atoms with E-state index in [2.05, 4.69) is 15.1 Å². The quantitative estimate of drug-likeness (QED) is 0.387. The lowest BCUT2D eigenvalue weighted by Crippen LogP contribution is -2.29. The molecule has 2 heterocycles. The molecule has 0 fully saturated rings. The smallest absolute Gasteiger partial charge is 0.323 e. The summed E-state index contributed by atoms with van der Waals surface area (Å²) in [7, 11) is 0. The van der Waals surface area contributed by atoms with E-state index in [4.69, 9.17) is 5.73 Å². The van der Waals surface area contributed by atoms with Crippen molar-refractivity contribution in [2.75, 3.05) is 12.0 Å². The molecule has 0 aliphatic rings. The molecule has 2 rings (SSSR count). The fraction of sp³-hybridized carbons (Fsp3) is 0.286. The van der Waals surface area contributed by atoms with Gasteiger partial charge in [-0.2, -0.15) is 0 Å². The van der Waals surface area contributed by atoms with E-state index in [-0.39, 0.29) is 0 Å². The highest BCUT2D eigenvalue weighted by atomic mass is 32.2. The maximum absolute atomic E-state index is 5.73. The number of aryl methyl sites for hydroxylation is 1. The number of hydrogen-bond donors (Lipinski definition) is 2. The van der Waals surface area contributed by atoms with Gasteiger partial charge in [-0.1, -0.05) is 21.7 Å². The molecule has 0 bridgehead atoms. The van der Waals surface area contributed by atoms with Crippen molar-refractivity contribution < 1.29 is 4.52 Å². The monoisotopic (exact) mass is 196 g/mol. The van der Waals surface area contributed by atoms with E-state index < -0.39 is 0 Å². The van der Waals surface area contributed by atoms with Gasteiger partial charge in [0.1, 0.15) is 0 Å². The lowest BCUT2D eigenvalue weighted by molar-refractivity contribution is -0.622. The maximum Gasteiger partial charge on any atom is 0.323 e. The van der Waals surface area contributed by atoms with Crippen LogP contribution in [0, 0.1) is 6.92 Å². The molecule has 0 unspecified atom stereocenters. The molecule has 0 amide bonds. The third-order valence-electron chi connectivity index (χ3n) is 1.90. The Balaban J connectivity index is 2.87. The average Bonchev–Trinajstić information content (AvgIpc) is 2.60. The number of H-pyrrole nitrogens is 1. The van der Waals surface area contributed by atoms with E-state index in [0.717, 1.165) is 16.4 Å². The number of anilines is 1. The number of aromatic amines is 1. The van der Waals surface area contributed by atoms with Crippen LogP contribution >= 0.6 is 11.8 Å². The molecular weight excluding hydrogens is 186 g/mol. The molecule has 0 aliphatic heterocycles. The highest BCUT2D eigenvalue weighted by molar-refractivity contribution is 7.98. The van der Waals surface area contributed by atoms with Crippen LogP contribution in [0.5, 0.6) is 0 Å². The molecule has 0 aliphatic carbocycles. The number of fused-ring (bicyclic) bond motifs is 1. The first kappa shape index (κ1) is 8.31. The Kier molecular flexibility index (Phi) is 1.84. The van der Waals surface area contributed by atoms with Crippen molar-refractivity contribution in [3.63, 3.8) is 0 Å². The van der Waals surface area contributed by atoms with Crippen LogP contribution in [-0.2, 0) is 0 Å². The molecule has 0 spiro atoms. The minimum Gasteiger partial charge on any atom is -0.370 e. The van der Waals surface area contributed by atoms with E-state index >= 15 is 0 Å². The lowest BCUT2D eigenvalue weighted by Gasteiger charge is -1.96. The lowest BCUT2D eigenvalue weighted by atomic mass is 10.3. The molecule has 3 N–H and O–H groups in total. The molecule has 0 radical (unpaired) electrons. The fourth-order valence-corrected chi connectivity index (χ4v) is 1.68. The van der Waals surface area contributed by atoms with E-state index in [1.807, 2.05) is 17.7 Å². The van der Waals surface area contributed by atoms with Crippen LogP contribution in [0.1, 0.15) is 5.56 Å². The first-order valence-electron chi connectivity index (χ1n) is 3.79.